The molecule has 384 valence electrons. The Morgan fingerprint density at radius 1 is 0.319 bits per heavy atom. The molecule has 0 aliphatic heterocycles. The van der Waals surface area contributed by atoms with Crippen molar-refractivity contribution in [3.8, 4) is 0 Å². The summed E-state index contributed by atoms with van der Waals surface area (Å²) in [6.45, 7) is 8.98. The molecule has 0 N–H and O–H groups in total. The monoisotopic (exact) mass is 1010 g/mol. The van der Waals surface area contributed by atoms with Crippen molar-refractivity contribution in [1.82, 2.24) is 0 Å². The Morgan fingerprint density at radius 3 is 0.783 bits per heavy atom. The fourth-order valence-corrected chi connectivity index (χ4v) is 11.6. The Kier molecular flexibility index (Phi) is 35.1. The van der Waals surface area contributed by atoms with Crippen molar-refractivity contribution < 1.29 is 25.9 Å². The molecule has 0 atom stereocenters. The van der Waals surface area contributed by atoms with Crippen molar-refractivity contribution >= 4 is 79.5 Å². The number of fused-ring (bicyclic) bond motifs is 2. The van der Waals surface area contributed by atoms with Gasteiger partial charge < -0.3 is 9.11 Å². The van der Waals surface area contributed by atoms with E-state index >= 15 is 0 Å². The zero-order chi connectivity index (χ0) is 49.3. The van der Waals surface area contributed by atoms with E-state index in [0.717, 1.165) is 86.1 Å². The Hall–Kier alpha value is -1.52. The van der Waals surface area contributed by atoms with Gasteiger partial charge >= 0.3 is 37.7 Å². The van der Waals surface area contributed by atoms with Crippen LogP contribution in [0.2, 0.25) is 0 Å². The summed E-state index contributed by atoms with van der Waals surface area (Å²) >= 11 is 0. The summed E-state index contributed by atoms with van der Waals surface area (Å²) in [6.07, 6.45) is 43.9. The number of aryl methyl sites for hydroxylation is 4. The second kappa shape index (κ2) is 38.1. The topological polar surface area (TPSA) is 114 Å². The Morgan fingerprint density at radius 2 is 0.536 bits per heavy atom. The van der Waals surface area contributed by atoms with Gasteiger partial charge in [0.25, 0.3) is 0 Å². The van der Waals surface area contributed by atoms with Crippen LogP contribution in [0.3, 0.4) is 0 Å². The van der Waals surface area contributed by atoms with E-state index in [9.17, 15) is 25.9 Å². The van der Waals surface area contributed by atoms with Crippen molar-refractivity contribution in [3.63, 3.8) is 0 Å². The van der Waals surface area contributed by atoms with Crippen LogP contribution in [0.5, 0.6) is 0 Å². The number of unbranched alkanes of at least 4 members (excludes halogenated alkanes) is 28. The smallest absolute Gasteiger partial charge is 0.744 e. The largest absolute Gasteiger partial charge is 2.00 e. The van der Waals surface area contributed by atoms with Crippen molar-refractivity contribution in [1.29, 1.82) is 0 Å². The maximum atomic E-state index is 12.1. The molecule has 69 heavy (non-hydrogen) atoms. The van der Waals surface area contributed by atoms with Crippen molar-refractivity contribution in [2.24, 2.45) is 0 Å². The first-order valence-corrected chi connectivity index (χ1v) is 30.8. The van der Waals surface area contributed by atoms with Gasteiger partial charge in [-0.3, -0.25) is 0 Å². The molecule has 6 nitrogen and oxygen atoms in total. The van der Waals surface area contributed by atoms with Gasteiger partial charge in [0, 0.05) is 0 Å². The third-order valence-electron chi connectivity index (χ3n) is 14.1. The fourth-order valence-electron chi connectivity index (χ4n) is 10.1. The summed E-state index contributed by atoms with van der Waals surface area (Å²) in [4.78, 5) is -0.0883. The number of rotatable bonds is 38. The molecule has 0 heterocycles. The standard InChI is InChI=1S/2C30H48O3S.Ca/c2*1-3-5-7-9-11-13-15-17-21-26-25-30(34(31,32)33)29-24-20-19-23-28(29)27(26)22-18-16-14-12-10-8-6-4-2;/h2*19-20,23-25H,3-18,21-22H2,1-2H3,(H,31,32,33);/q;;+2/p-2. The van der Waals surface area contributed by atoms with Crippen molar-refractivity contribution in [2.45, 2.75) is 269 Å². The van der Waals surface area contributed by atoms with Crippen LogP contribution in [0, 0.1) is 0 Å². The molecule has 0 radical (unpaired) electrons. The van der Waals surface area contributed by atoms with Gasteiger partial charge in [-0.1, -0.05) is 256 Å². The molecule has 4 aromatic carbocycles. The molecular weight excluding hydrogens is 921 g/mol. The maximum absolute atomic E-state index is 12.1. The number of benzene rings is 4. The first-order valence-electron chi connectivity index (χ1n) is 28.0. The summed E-state index contributed by atoms with van der Waals surface area (Å²) in [7, 11) is -9.01. The molecule has 0 spiro atoms. The Balaban J connectivity index is 0.000000467. The van der Waals surface area contributed by atoms with E-state index in [2.05, 4.69) is 27.7 Å². The van der Waals surface area contributed by atoms with Crippen LogP contribution in [0.4, 0.5) is 0 Å². The minimum atomic E-state index is -4.51. The van der Waals surface area contributed by atoms with Crippen LogP contribution in [-0.4, -0.2) is 63.7 Å². The summed E-state index contributed by atoms with van der Waals surface area (Å²) in [5, 5.41) is 3.09. The van der Waals surface area contributed by atoms with Gasteiger partial charge in [0.15, 0.2) is 0 Å². The SMILES string of the molecule is CCCCCCCCCCc1cc(S(=O)(=O)[O-])c2ccccc2c1CCCCCCCCCC.CCCCCCCCCCc1cc(S(=O)(=O)[O-])c2ccccc2c1CCCCCCCCCC.[Ca+2]. The van der Waals surface area contributed by atoms with Crippen LogP contribution in [0.1, 0.15) is 255 Å². The molecule has 0 amide bonds. The van der Waals surface area contributed by atoms with Gasteiger partial charge in [-0.2, -0.15) is 0 Å². The second-order valence-electron chi connectivity index (χ2n) is 19.9. The third kappa shape index (κ3) is 25.3. The van der Waals surface area contributed by atoms with Crippen molar-refractivity contribution in [2.75, 3.05) is 0 Å². The third-order valence-corrected chi connectivity index (χ3v) is 15.9. The van der Waals surface area contributed by atoms with Crippen LogP contribution in [0.15, 0.2) is 70.5 Å². The minimum absolute atomic E-state index is 0. The molecule has 9 heteroatoms. The molecule has 0 fully saturated rings. The van der Waals surface area contributed by atoms with Crippen LogP contribution in [0.25, 0.3) is 21.5 Å². The van der Waals surface area contributed by atoms with Gasteiger partial charge in [0.05, 0.1) is 9.79 Å². The Labute approximate surface area is 453 Å². The van der Waals surface area contributed by atoms with E-state index in [4.69, 9.17) is 0 Å². The van der Waals surface area contributed by atoms with E-state index < -0.39 is 20.2 Å². The molecule has 4 aromatic rings. The molecule has 0 aromatic heterocycles. The maximum Gasteiger partial charge on any atom is 2.00 e. The molecule has 0 aliphatic carbocycles. The van der Waals surface area contributed by atoms with E-state index in [1.54, 1.807) is 24.3 Å². The predicted molar refractivity (Wildman–Crippen MR) is 295 cm³/mol. The van der Waals surface area contributed by atoms with Crippen LogP contribution < -0.4 is 0 Å². The summed E-state index contributed by atoms with van der Waals surface area (Å²) in [6, 6.07) is 18.6. The molecule has 0 unspecified atom stereocenters. The molecule has 0 saturated carbocycles. The summed E-state index contributed by atoms with van der Waals surface area (Å²) in [5.74, 6) is 0. The molecular formula is C60H94CaO6S2. The average Bonchev–Trinajstić information content (AvgIpc) is 3.32. The zero-order valence-corrected chi connectivity index (χ0v) is 48.0. The quantitative estimate of drug-likeness (QED) is 0.0251. The van der Waals surface area contributed by atoms with Crippen molar-refractivity contribution in [3.05, 3.63) is 82.9 Å². The van der Waals surface area contributed by atoms with E-state index in [1.807, 2.05) is 36.4 Å². The van der Waals surface area contributed by atoms with E-state index in [-0.39, 0.29) is 47.5 Å². The van der Waals surface area contributed by atoms with E-state index in [0.29, 0.717) is 10.8 Å². The van der Waals surface area contributed by atoms with Gasteiger partial charge in [0.1, 0.15) is 20.2 Å². The Bertz CT molecular complexity index is 2030. The molecule has 4 rings (SSSR count). The minimum Gasteiger partial charge on any atom is -0.744 e. The number of hydrogen-bond acceptors (Lipinski definition) is 6. The normalized spacial score (nSPS) is 11.8. The average molecular weight is 1020 g/mol. The van der Waals surface area contributed by atoms with Gasteiger partial charge in [0.2, 0.25) is 0 Å². The predicted octanol–water partition coefficient (Wildman–Crippen LogP) is 17.8. The zero-order valence-electron chi connectivity index (χ0n) is 44.2. The summed E-state index contributed by atoms with van der Waals surface area (Å²) < 4.78 is 72.4. The first kappa shape index (κ1) is 63.6. The molecule has 0 bridgehead atoms. The molecule has 0 saturated heterocycles. The number of hydrogen-bond donors (Lipinski definition) is 0. The van der Waals surface area contributed by atoms with Gasteiger partial charge in [-0.25, -0.2) is 16.8 Å². The second-order valence-corrected chi connectivity index (χ2v) is 22.6. The fraction of sp³-hybridized carbons (Fsp3) is 0.667. The first-order chi connectivity index (χ1) is 33.0. The van der Waals surface area contributed by atoms with Gasteiger partial charge in [-0.15, -0.1) is 0 Å². The van der Waals surface area contributed by atoms with Crippen LogP contribution >= 0.6 is 0 Å². The molecule has 0 aliphatic rings. The van der Waals surface area contributed by atoms with Gasteiger partial charge in [-0.05, 0) is 107 Å². The summed E-state index contributed by atoms with van der Waals surface area (Å²) in [5.41, 5.74) is 4.66. The van der Waals surface area contributed by atoms with Crippen LogP contribution in [-0.2, 0) is 45.9 Å². The van der Waals surface area contributed by atoms with E-state index in [1.165, 1.54) is 178 Å².